The summed E-state index contributed by atoms with van der Waals surface area (Å²) >= 11 is 0. The predicted molar refractivity (Wildman–Crippen MR) is 67.9 cm³/mol. The van der Waals surface area contributed by atoms with Crippen LogP contribution >= 0.6 is 0 Å². The molecule has 0 bridgehead atoms. The van der Waals surface area contributed by atoms with E-state index in [9.17, 15) is 14.0 Å². The number of esters is 1. The number of rotatable bonds is 4. The van der Waals surface area contributed by atoms with Gasteiger partial charge in [-0.05, 0) is 31.9 Å². The number of anilines is 1. The van der Waals surface area contributed by atoms with Gasteiger partial charge in [-0.3, -0.25) is 9.59 Å². The Morgan fingerprint density at radius 2 is 2.05 bits per heavy atom. The second-order valence-electron chi connectivity index (χ2n) is 4.68. The van der Waals surface area contributed by atoms with E-state index in [-0.39, 0.29) is 17.6 Å². The van der Waals surface area contributed by atoms with E-state index in [1.54, 1.807) is 6.07 Å². The van der Waals surface area contributed by atoms with Gasteiger partial charge in [0.2, 0.25) is 0 Å². The normalized spacial score (nSPS) is 16.3. The van der Waals surface area contributed by atoms with Crippen LogP contribution in [0.25, 0.3) is 0 Å². The highest BCUT2D eigenvalue weighted by atomic mass is 19.1. The van der Waals surface area contributed by atoms with Crippen molar-refractivity contribution in [3.63, 3.8) is 0 Å². The molecule has 0 radical (unpaired) electrons. The number of halogens is 1. The topological polar surface area (TPSA) is 55.4 Å². The van der Waals surface area contributed by atoms with E-state index in [0.29, 0.717) is 0 Å². The van der Waals surface area contributed by atoms with Gasteiger partial charge < -0.3 is 10.1 Å². The van der Waals surface area contributed by atoms with Crippen molar-refractivity contribution in [3.8, 4) is 0 Å². The number of hydrogen-bond acceptors (Lipinski definition) is 3. The van der Waals surface area contributed by atoms with Gasteiger partial charge in [0.05, 0.1) is 11.6 Å². The van der Waals surface area contributed by atoms with Gasteiger partial charge in [0, 0.05) is 0 Å². The molecule has 1 amide bonds. The Bertz CT molecular complexity index is 485. The molecular weight excluding hydrogens is 249 g/mol. The maximum atomic E-state index is 13.3. The summed E-state index contributed by atoms with van der Waals surface area (Å²) in [5.74, 6) is -1.47. The van der Waals surface area contributed by atoms with E-state index in [1.165, 1.54) is 25.1 Å². The molecule has 1 N–H and O–H groups in total. The van der Waals surface area contributed by atoms with Crippen molar-refractivity contribution in [2.75, 3.05) is 5.32 Å². The van der Waals surface area contributed by atoms with Crippen LogP contribution in [0.2, 0.25) is 0 Å². The molecule has 0 spiro atoms. The van der Waals surface area contributed by atoms with Gasteiger partial charge in [0.15, 0.2) is 6.10 Å². The second-order valence-corrected chi connectivity index (χ2v) is 4.68. The summed E-state index contributed by atoms with van der Waals surface area (Å²) in [4.78, 5) is 23.4. The van der Waals surface area contributed by atoms with E-state index < -0.39 is 17.8 Å². The Hall–Kier alpha value is -1.91. The third-order valence-corrected chi connectivity index (χ3v) is 3.23. The number of carbonyl (C=O) groups is 2. The lowest BCUT2D eigenvalue weighted by atomic mass is 9.86. The molecule has 2 rings (SSSR count). The fourth-order valence-electron chi connectivity index (χ4n) is 1.76. The lowest BCUT2D eigenvalue weighted by molar-refractivity contribution is -0.159. The van der Waals surface area contributed by atoms with E-state index in [1.807, 2.05) is 0 Å². The molecule has 1 saturated carbocycles. The smallest absolute Gasteiger partial charge is 0.309 e. The lowest BCUT2D eigenvalue weighted by Gasteiger charge is -2.24. The number of benzene rings is 1. The Morgan fingerprint density at radius 1 is 1.37 bits per heavy atom. The van der Waals surface area contributed by atoms with Crippen molar-refractivity contribution in [3.05, 3.63) is 30.1 Å². The van der Waals surface area contributed by atoms with Crippen molar-refractivity contribution in [2.45, 2.75) is 32.3 Å². The molecule has 0 aliphatic heterocycles. The average molecular weight is 265 g/mol. The molecule has 0 unspecified atom stereocenters. The molecule has 1 aromatic carbocycles. The zero-order chi connectivity index (χ0) is 13.8. The number of ether oxygens (including phenoxy) is 1. The van der Waals surface area contributed by atoms with Crippen LogP contribution in [0.4, 0.5) is 10.1 Å². The first-order valence-electron chi connectivity index (χ1n) is 6.34. The Kier molecular flexibility index (Phi) is 4.14. The van der Waals surface area contributed by atoms with Crippen LogP contribution in [0.3, 0.4) is 0 Å². The van der Waals surface area contributed by atoms with Gasteiger partial charge >= 0.3 is 5.97 Å². The number of hydrogen-bond donors (Lipinski definition) is 1. The van der Waals surface area contributed by atoms with E-state index in [2.05, 4.69) is 5.32 Å². The SMILES string of the molecule is C[C@@H](OC(=O)C1CCC1)C(=O)Nc1ccccc1F. The van der Waals surface area contributed by atoms with Crippen molar-refractivity contribution in [2.24, 2.45) is 5.92 Å². The standard InChI is InChI=1S/C14H16FNO3/c1-9(19-14(18)10-5-4-6-10)13(17)16-12-8-3-2-7-11(12)15/h2-3,7-10H,4-6H2,1H3,(H,16,17)/t9-/m1/s1. The minimum absolute atomic E-state index is 0.0799. The summed E-state index contributed by atoms with van der Waals surface area (Å²) in [6, 6.07) is 5.85. The highest BCUT2D eigenvalue weighted by molar-refractivity contribution is 5.95. The molecule has 4 nitrogen and oxygen atoms in total. The van der Waals surface area contributed by atoms with Gasteiger partial charge in [0.25, 0.3) is 5.91 Å². The predicted octanol–water partition coefficient (Wildman–Crippen LogP) is 2.50. The van der Waals surface area contributed by atoms with Crippen molar-refractivity contribution < 1.29 is 18.7 Å². The summed E-state index contributed by atoms with van der Waals surface area (Å²) in [6.45, 7) is 1.48. The summed E-state index contributed by atoms with van der Waals surface area (Å²) in [5, 5.41) is 2.40. The van der Waals surface area contributed by atoms with Crippen LogP contribution in [0.5, 0.6) is 0 Å². The Morgan fingerprint density at radius 3 is 2.63 bits per heavy atom. The monoisotopic (exact) mass is 265 g/mol. The van der Waals surface area contributed by atoms with Gasteiger partial charge in [-0.25, -0.2) is 4.39 Å². The van der Waals surface area contributed by atoms with Crippen LogP contribution in [0.15, 0.2) is 24.3 Å². The molecule has 1 atom stereocenters. The minimum atomic E-state index is -0.923. The van der Waals surface area contributed by atoms with Crippen LogP contribution in [-0.2, 0) is 14.3 Å². The van der Waals surface area contributed by atoms with Crippen LogP contribution in [-0.4, -0.2) is 18.0 Å². The largest absolute Gasteiger partial charge is 0.452 e. The van der Waals surface area contributed by atoms with Crippen LogP contribution in [0, 0.1) is 11.7 Å². The summed E-state index contributed by atoms with van der Waals surface area (Å²) in [7, 11) is 0. The quantitative estimate of drug-likeness (QED) is 0.851. The van der Waals surface area contributed by atoms with E-state index >= 15 is 0 Å². The molecule has 1 aliphatic carbocycles. The Labute approximate surface area is 110 Å². The number of carbonyl (C=O) groups excluding carboxylic acids is 2. The maximum absolute atomic E-state index is 13.3. The van der Waals surface area contributed by atoms with Crippen molar-refractivity contribution >= 4 is 17.6 Å². The molecule has 19 heavy (non-hydrogen) atoms. The van der Waals surface area contributed by atoms with Gasteiger partial charge in [-0.2, -0.15) is 0 Å². The molecule has 0 saturated heterocycles. The van der Waals surface area contributed by atoms with Crippen molar-refractivity contribution in [1.82, 2.24) is 0 Å². The second kappa shape index (κ2) is 5.82. The molecule has 1 aliphatic rings. The highest BCUT2D eigenvalue weighted by Gasteiger charge is 2.29. The molecule has 0 heterocycles. The minimum Gasteiger partial charge on any atom is -0.452 e. The first-order valence-corrected chi connectivity index (χ1v) is 6.34. The highest BCUT2D eigenvalue weighted by Crippen LogP contribution is 2.27. The molecule has 1 aromatic rings. The summed E-state index contributed by atoms with van der Waals surface area (Å²) in [5.41, 5.74) is 0.0824. The van der Waals surface area contributed by atoms with E-state index in [0.717, 1.165) is 19.3 Å². The van der Waals surface area contributed by atoms with Crippen molar-refractivity contribution in [1.29, 1.82) is 0 Å². The lowest BCUT2D eigenvalue weighted by Crippen LogP contribution is -2.34. The first kappa shape index (κ1) is 13.5. The van der Waals surface area contributed by atoms with Crippen LogP contribution < -0.4 is 5.32 Å². The van der Waals surface area contributed by atoms with Crippen LogP contribution in [0.1, 0.15) is 26.2 Å². The van der Waals surface area contributed by atoms with Gasteiger partial charge in [0.1, 0.15) is 5.82 Å². The third-order valence-electron chi connectivity index (χ3n) is 3.23. The molecular formula is C14H16FNO3. The Balaban J connectivity index is 1.88. The molecule has 102 valence electrons. The number of amides is 1. The maximum Gasteiger partial charge on any atom is 0.309 e. The first-order chi connectivity index (χ1) is 9.08. The molecule has 5 heteroatoms. The fourth-order valence-corrected chi connectivity index (χ4v) is 1.76. The average Bonchev–Trinajstić information content (AvgIpc) is 2.29. The van der Waals surface area contributed by atoms with Gasteiger partial charge in [-0.15, -0.1) is 0 Å². The zero-order valence-electron chi connectivity index (χ0n) is 10.7. The number of para-hydroxylation sites is 1. The summed E-state index contributed by atoms with van der Waals surface area (Å²) < 4.78 is 18.4. The van der Waals surface area contributed by atoms with E-state index in [4.69, 9.17) is 4.74 Å². The molecule has 1 fully saturated rings. The third kappa shape index (κ3) is 3.30. The number of nitrogens with one attached hydrogen (secondary N) is 1. The zero-order valence-corrected chi connectivity index (χ0v) is 10.7. The molecule has 0 aromatic heterocycles. The summed E-state index contributed by atoms with van der Waals surface area (Å²) in [6.07, 6.45) is 1.74. The van der Waals surface area contributed by atoms with Gasteiger partial charge in [-0.1, -0.05) is 18.6 Å². The fraction of sp³-hybridized carbons (Fsp3) is 0.429.